The van der Waals surface area contributed by atoms with Crippen LogP contribution in [0.1, 0.15) is 10.4 Å². The molecule has 0 aliphatic heterocycles. The molecular formula is C13H6F3N3S2. The molecule has 0 aromatic carbocycles. The minimum atomic E-state index is -4.56. The van der Waals surface area contributed by atoms with E-state index in [1.165, 1.54) is 11.3 Å². The summed E-state index contributed by atoms with van der Waals surface area (Å²) in [6.07, 6.45) is -4.56. The zero-order valence-corrected chi connectivity index (χ0v) is 11.9. The first kappa shape index (κ1) is 13.9. The molecule has 8 heteroatoms. The van der Waals surface area contributed by atoms with Crippen LogP contribution in [0.2, 0.25) is 0 Å². The third-order valence-corrected chi connectivity index (χ3v) is 4.78. The molecule has 0 radical (unpaired) electrons. The molecule has 3 aromatic heterocycles. The summed E-state index contributed by atoms with van der Waals surface area (Å²) in [6, 6.07) is 6.23. The minimum absolute atomic E-state index is 0.0475. The van der Waals surface area contributed by atoms with Gasteiger partial charge in [0.1, 0.15) is 15.8 Å². The number of pyridine rings is 1. The van der Waals surface area contributed by atoms with Gasteiger partial charge in [-0.15, -0.1) is 22.7 Å². The molecule has 3 rings (SSSR count). The highest BCUT2D eigenvalue weighted by molar-refractivity contribution is 7.20. The predicted molar refractivity (Wildman–Crippen MR) is 77.1 cm³/mol. The molecule has 0 amide bonds. The molecule has 3 heterocycles. The van der Waals surface area contributed by atoms with E-state index in [9.17, 15) is 13.2 Å². The Labute approximate surface area is 125 Å². The van der Waals surface area contributed by atoms with Crippen LogP contribution in [0.3, 0.4) is 0 Å². The molecule has 3 nitrogen and oxygen atoms in total. The summed E-state index contributed by atoms with van der Waals surface area (Å²) in [5.41, 5.74) is 4.89. The Balaban J connectivity index is 2.40. The van der Waals surface area contributed by atoms with Crippen molar-refractivity contribution in [3.63, 3.8) is 0 Å². The summed E-state index contributed by atoms with van der Waals surface area (Å²) < 4.78 is 39.8. The highest BCUT2D eigenvalue weighted by Crippen LogP contribution is 2.43. The lowest BCUT2D eigenvalue weighted by molar-refractivity contribution is -0.136. The van der Waals surface area contributed by atoms with Crippen LogP contribution in [0.4, 0.5) is 18.9 Å². The monoisotopic (exact) mass is 325 g/mol. The number of halogens is 3. The highest BCUT2D eigenvalue weighted by atomic mass is 32.1. The van der Waals surface area contributed by atoms with Crippen molar-refractivity contribution >= 4 is 38.6 Å². The number of anilines is 1. The van der Waals surface area contributed by atoms with Gasteiger partial charge in [0.15, 0.2) is 0 Å². The SMILES string of the molecule is N#Cc1sc2nc(-c3cccs3)cc(C(F)(F)F)c2c1N. The van der Waals surface area contributed by atoms with E-state index in [1.54, 1.807) is 23.6 Å². The first-order valence-electron chi connectivity index (χ1n) is 5.66. The average Bonchev–Trinajstić information content (AvgIpc) is 3.05. The lowest BCUT2D eigenvalue weighted by Gasteiger charge is -2.10. The fourth-order valence-electron chi connectivity index (χ4n) is 1.98. The standard InChI is InChI=1S/C13H6F3N3S2/c14-13(15,16)6-4-7(8-2-1-3-20-8)19-12-10(6)11(18)9(5-17)21-12/h1-4H,18H2. The van der Waals surface area contributed by atoms with Crippen molar-refractivity contribution in [2.24, 2.45) is 0 Å². The molecule has 0 aliphatic carbocycles. The van der Waals surface area contributed by atoms with Crippen molar-refractivity contribution in [1.82, 2.24) is 4.98 Å². The number of nitrogens with two attached hydrogens (primary N) is 1. The van der Waals surface area contributed by atoms with Crippen molar-refractivity contribution < 1.29 is 13.2 Å². The van der Waals surface area contributed by atoms with Crippen molar-refractivity contribution in [2.75, 3.05) is 5.73 Å². The van der Waals surface area contributed by atoms with Gasteiger partial charge < -0.3 is 5.73 Å². The molecule has 0 unspecified atom stereocenters. The number of rotatable bonds is 1. The summed E-state index contributed by atoms with van der Waals surface area (Å²) in [5.74, 6) is 0. The Kier molecular flexibility index (Phi) is 3.11. The second-order valence-electron chi connectivity index (χ2n) is 4.17. The lowest BCUT2D eigenvalue weighted by Crippen LogP contribution is -2.07. The largest absolute Gasteiger partial charge is 0.417 e. The van der Waals surface area contributed by atoms with Gasteiger partial charge in [0.2, 0.25) is 0 Å². The minimum Gasteiger partial charge on any atom is -0.396 e. The topological polar surface area (TPSA) is 62.7 Å². The summed E-state index contributed by atoms with van der Waals surface area (Å²) in [4.78, 5) is 5.03. The summed E-state index contributed by atoms with van der Waals surface area (Å²) in [7, 11) is 0. The molecule has 0 saturated carbocycles. The van der Waals surface area contributed by atoms with Crippen LogP contribution in [-0.2, 0) is 6.18 Å². The maximum absolute atomic E-state index is 13.3. The van der Waals surface area contributed by atoms with Crippen LogP contribution >= 0.6 is 22.7 Å². The van der Waals surface area contributed by atoms with Crippen molar-refractivity contribution in [2.45, 2.75) is 6.18 Å². The van der Waals surface area contributed by atoms with Gasteiger partial charge in [-0.2, -0.15) is 18.4 Å². The van der Waals surface area contributed by atoms with Gasteiger partial charge in [-0.1, -0.05) is 6.07 Å². The second kappa shape index (κ2) is 4.72. The van der Waals surface area contributed by atoms with Crippen LogP contribution in [-0.4, -0.2) is 4.98 Å². The third kappa shape index (κ3) is 2.24. The Hall–Kier alpha value is -2.11. The van der Waals surface area contributed by atoms with Gasteiger partial charge in [0.05, 0.1) is 21.8 Å². The van der Waals surface area contributed by atoms with Crippen LogP contribution in [0.5, 0.6) is 0 Å². The van der Waals surface area contributed by atoms with E-state index in [1.807, 2.05) is 0 Å². The molecule has 2 N–H and O–H groups in total. The van der Waals surface area contributed by atoms with E-state index in [2.05, 4.69) is 4.98 Å². The molecule has 0 saturated heterocycles. The van der Waals surface area contributed by atoms with E-state index in [0.717, 1.165) is 17.4 Å². The number of hydrogen-bond acceptors (Lipinski definition) is 5. The summed E-state index contributed by atoms with van der Waals surface area (Å²) in [6.45, 7) is 0. The number of nitrogen functional groups attached to an aromatic ring is 1. The van der Waals surface area contributed by atoms with E-state index in [-0.39, 0.29) is 26.5 Å². The maximum Gasteiger partial charge on any atom is 0.417 e. The summed E-state index contributed by atoms with van der Waals surface area (Å²) >= 11 is 2.17. The van der Waals surface area contributed by atoms with E-state index >= 15 is 0 Å². The Morgan fingerprint density at radius 1 is 1.33 bits per heavy atom. The number of fused-ring (bicyclic) bond motifs is 1. The zero-order valence-electron chi connectivity index (χ0n) is 10.2. The lowest BCUT2D eigenvalue weighted by atomic mass is 10.1. The van der Waals surface area contributed by atoms with Crippen LogP contribution in [0.15, 0.2) is 23.6 Å². The van der Waals surface area contributed by atoms with Gasteiger partial charge >= 0.3 is 6.18 Å². The number of aromatic nitrogens is 1. The van der Waals surface area contributed by atoms with Gasteiger partial charge in [-0.3, -0.25) is 0 Å². The number of thiophene rings is 2. The maximum atomic E-state index is 13.3. The molecular weight excluding hydrogens is 319 g/mol. The average molecular weight is 325 g/mol. The number of alkyl halides is 3. The highest BCUT2D eigenvalue weighted by Gasteiger charge is 2.35. The van der Waals surface area contributed by atoms with E-state index in [0.29, 0.717) is 4.88 Å². The number of nitriles is 1. The van der Waals surface area contributed by atoms with E-state index < -0.39 is 11.7 Å². The molecule has 0 atom stereocenters. The molecule has 3 aromatic rings. The molecule has 106 valence electrons. The zero-order chi connectivity index (χ0) is 15.2. The van der Waals surface area contributed by atoms with Gasteiger partial charge in [-0.05, 0) is 17.5 Å². The first-order chi connectivity index (χ1) is 9.91. The molecule has 0 fully saturated rings. The second-order valence-corrected chi connectivity index (χ2v) is 6.11. The fourth-order valence-corrected chi connectivity index (χ4v) is 3.58. The Bertz CT molecular complexity index is 858. The van der Waals surface area contributed by atoms with Crippen LogP contribution < -0.4 is 5.73 Å². The van der Waals surface area contributed by atoms with Crippen LogP contribution in [0.25, 0.3) is 20.8 Å². The third-order valence-electron chi connectivity index (χ3n) is 2.88. The number of hydrogen-bond donors (Lipinski definition) is 1. The number of nitrogens with zero attached hydrogens (tertiary/aromatic N) is 2. The van der Waals surface area contributed by atoms with Gasteiger partial charge in [-0.25, -0.2) is 4.98 Å². The van der Waals surface area contributed by atoms with Crippen molar-refractivity contribution in [1.29, 1.82) is 5.26 Å². The molecule has 0 aliphatic rings. The van der Waals surface area contributed by atoms with Crippen molar-refractivity contribution in [3.05, 3.63) is 34.0 Å². The van der Waals surface area contributed by atoms with E-state index in [4.69, 9.17) is 11.0 Å². The normalized spacial score (nSPS) is 11.7. The van der Waals surface area contributed by atoms with Crippen LogP contribution in [0, 0.1) is 11.3 Å². The van der Waals surface area contributed by atoms with Gasteiger partial charge in [0, 0.05) is 5.39 Å². The smallest absolute Gasteiger partial charge is 0.396 e. The fraction of sp³-hybridized carbons (Fsp3) is 0.0769. The molecule has 0 spiro atoms. The van der Waals surface area contributed by atoms with Gasteiger partial charge in [0.25, 0.3) is 0 Å². The van der Waals surface area contributed by atoms with Crippen molar-refractivity contribution in [3.8, 4) is 16.6 Å². The Morgan fingerprint density at radius 2 is 2.10 bits per heavy atom. The predicted octanol–water partition coefficient (Wildman–Crippen LogP) is 4.50. The molecule has 0 bridgehead atoms. The molecule has 21 heavy (non-hydrogen) atoms. The summed E-state index contributed by atoms with van der Waals surface area (Å²) in [5, 5.41) is 10.5. The Morgan fingerprint density at radius 3 is 2.67 bits per heavy atom. The first-order valence-corrected chi connectivity index (χ1v) is 7.35. The quantitative estimate of drug-likeness (QED) is 0.716.